The van der Waals surface area contributed by atoms with Gasteiger partial charge in [-0.05, 0) is 12.1 Å². The van der Waals surface area contributed by atoms with Gasteiger partial charge in [-0.3, -0.25) is 4.79 Å². The van der Waals surface area contributed by atoms with Crippen LogP contribution in [-0.4, -0.2) is 35.4 Å². The van der Waals surface area contributed by atoms with E-state index in [4.69, 9.17) is 10.2 Å². The summed E-state index contributed by atoms with van der Waals surface area (Å²) in [6.07, 6.45) is -0.914. The molecule has 0 spiro atoms. The van der Waals surface area contributed by atoms with Gasteiger partial charge in [-0.25, -0.2) is 0 Å². The van der Waals surface area contributed by atoms with Gasteiger partial charge in [-0.2, -0.15) is 0 Å². The van der Waals surface area contributed by atoms with Crippen LogP contribution in [0.2, 0.25) is 0 Å². The van der Waals surface area contributed by atoms with Gasteiger partial charge in [0.2, 0.25) is 0 Å². The van der Waals surface area contributed by atoms with Gasteiger partial charge in [-0.15, -0.1) is 0 Å². The number of carbonyl (C=O) groups is 1. The molecule has 1 unspecified atom stereocenters. The Morgan fingerprint density at radius 2 is 2.36 bits per heavy atom. The number of rotatable bonds is 4. The summed E-state index contributed by atoms with van der Waals surface area (Å²) in [5, 5.41) is 20.0. The molecule has 1 aromatic rings. The molecule has 0 aliphatic rings. The molecule has 1 radical (unpaired) electrons. The van der Waals surface area contributed by atoms with Crippen LogP contribution in [0.4, 0.5) is 0 Å². The molecule has 1 rings (SSSR count). The first-order valence-corrected chi connectivity index (χ1v) is 4.28. The second-order valence-corrected chi connectivity index (χ2v) is 2.82. The molecule has 0 bridgehead atoms. The minimum Gasteiger partial charge on any atom is -0.394 e. The molecular formula is C10H12NO3. The Bertz CT molecular complexity index is 287. The summed E-state index contributed by atoms with van der Waals surface area (Å²) in [6.45, 7) is -0.323. The van der Waals surface area contributed by atoms with Crippen molar-refractivity contribution in [3.05, 3.63) is 35.9 Å². The molecule has 4 nitrogen and oxygen atoms in total. The summed E-state index contributed by atoms with van der Waals surface area (Å²) < 4.78 is 0. The second-order valence-electron chi connectivity index (χ2n) is 2.82. The van der Waals surface area contributed by atoms with Crippen LogP contribution < -0.4 is 5.32 Å². The lowest BCUT2D eigenvalue weighted by atomic mass is 10.2. The number of aliphatic hydroxyl groups is 2. The van der Waals surface area contributed by atoms with Gasteiger partial charge in [0.1, 0.15) is 0 Å². The SMILES string of the molecule is O=C(NCC(O)CO)c1[c]cccc1. The largest absolute Gasteiger partial charge is 0.394 e. The molecule has 0 fully saturated rings. The maximum Gasteiger partial charge on any atom is 0.252 e. The van der Waals surface area contributed by atoms with Crippen molar-refractivity contribution in [1.29, 1.82) is 0 Å². The fourth-order valence-electron chi connectivity index (χ4n) is 0.905. The predicted octanol–water partition coefficient (Wildman–Crippen LogP) is -0.430. The van der Waals surface area contributed by atoms with Crippen molar-refractivity contribution in [3.63, 3.8) is 0 Å². The Labute approximate surface area is 82.2 Å². The monoisotopic (exact) mass is 194 g/mol. The average molecular weight is 194 g/mol. The van der Waals surface area contributed by atoms with E-state index in [1.165, 1.54) is 0 Å². The maximum absolute atomic E-state index is 11.3. The van der Waals surface area contributed by atoms with Crippen LogP contribution in [-0.2, 0) is 0 Å². The second kappa shape index (κ2) is 5.36. The van der Waals surface area contributed by atoms with Crippen LogP contribution in [0.15, 0.2) is 24.3 Å². The van der Waals surface area contributed by atoms with Crippen LogP contribution in [0.25, 0.3) is 0 Å². The summed E-state index contributed by atoms with van der Waals surface area (Å²) >= 11 is 0. The minimum absolute atomic E-state index is 0.0397. The highest BCUT2D eigenvalue weighted by Gasteiger charge is 2.07. The van der Waals surface area contributed by atoms with E-state index < -0.39 is 6.10 Å². The number of nitrogens with one attached hydrogen (secondary N) is 1. The van der Waals surface area contributed by atoms with Gasteiger partial charge in [0, 0.05) is 12.1 Å². The Morgan fingerprint density at radius 1 is 1.57 bits per heavy atom. The maximum atomic E-state index is 11.3. The number of carbonyl (C=O) groups excluding carboxylic acids is 1. The van der Waals surface area contributed by atoms with Crippen molar-refractivity contribution in [3.8, 4) is 0 Å². The van der Waals surface area contributed by atoms with Gasteiger partial charge in [0.25, 0.3) is 5.91 Å². The van der Waals surface area contributed by atoms with E-state index in [2.05, 4.69) is 11.4 Å². The van der Waals surface area contributed by atoms with E-state index in [9.17, 15) is 4.79 Å². The number of amides is 1. The van der Waals surface area contributed by atoms with Crippen LogP contribution in [0.1, 0.15) is 10.4 Å². The molecule has 4 heteroatoms. The van der Waals surface area contributed by atoms with Crippen molar-refractivity contribution in [2.75, 3.05) is 13.2 Å². The molecule has 0 saturated carbocycles. The van der Waals surface area contributed by atoms with Crippen molar-refractivity contribution in [2.45, 2.75) is 6.10 Å². The zero-order valence-corrected chi connectivity index (χ0v) is 7.60. The zero-order chi connectivity index (χ0) is 10.4. The average Bonchev–Trinajstić information content (AvgIpc) is 2.26. The topological polar surface area (TPSA) is 69.6 Å². The molecule has 0 aliphatic carbocycles. The summed E-state index contributed by atoms with van der Waals surface area (Å²) in [5.74, 6) is -0.307. The van der Waals surface area contributed by atoms with E-state index >= 15 is 0 Å². The van der Waals surface area contributed by atoms with Crippen molar-refractivity contribution < 1.29 is 15.0 Å². The van der Waals surface area contributed by atoms with E-state index in [-0.39, 0.29) is 19.1 Å². The number of aliphatic hydroxyl groups excluding tert-OH is 2. The standard InChI is InChI=1S/C10H12NO3/c12-7-9(13)6-11-10(14)8-4-2-1-3-5-8/h1-4,9,12-13H,6-7H2,(H,11,14). The molecule has 0 aromatic heterocycles. The summed E-state index contributed by atoms with van der Waals surface area (Å²) in [6, 6.07) is 9.51. The molecule has 3 N–H and O–H groups in total. The van der Waals surface area contributed by atoms with Gasteiger partial charge in [0.05, 0.1) is 12.7 Å². The molecule has 1 atom stereocenters. The number of hydrogen-bond acceptors (Lipinski definition) is 3. The number of hydrogen-bond donors (Lipinski definition) is 3. The van der Waals surface area contributed by atoms with Gasteiger partial charge in [0.15, 0.2) is 0 Å². The molecular weight excluding hydrogens is 182 g/mol. The third kappa shape index (κ3) is 3.16. The highest BCUT2D eigenvalue weighted by Crippen LogP contribution is 1.96. The first-order chi connectivity index (χ1) is 6.74. The normalized spacial score (nSPS) is 12.1. The highest BCUT2D eigenvalue weighted by atomic mass is 16.3. The van der Waals surface area contributed by atoms with Crippen molar-refractivity contribution >= 4 is 5.91 Å². The Hall–Kier alpha value is -1.39. The molecule has 1 amide bonds. The fourth-order valence-corrected chi connectivity index (χ4v) is 0.905. The fraction of sp³-hybridized carbons (Fsp3) is 0.300. The summed E-state index contributed by atoms with van der Waals surface area (Å²) in [4.78, 5) is 11.3. The van der Waals surface area contributed by atoms with E-state index in [1.807, 2.05) is 0 Å². The molecule has 0 heterocycles. The van der Waals surface area contributed by atoms with Crippen LogP contribution in [0.3, 0.4) is 0 Å². The lowest BCUT2D eigenvalue weighted by Crippen LogP contribution is -2.33. The molecule has 14 heavy (non-hydrogen) atoms. The lowest BCUT2D eigenvalue weighted by Gasteiger charge is -2.08. The van der Waals surface area contributed by atoms with Crippen molar-refractivity contribution in [2.24, 2.45) is 0 Å². The van der Waals surface area contributed by atoms with E-state index in [0.717, 1.165) is 0 Å². The Balaban J connectivity index is 2.44. The van der Waals surface area contributed by atoms with Crippen LogP contribution in [0, 0.1) is 6.07 Å². The van der Waals surface area contributed by atoms with Gasteiger partial charge >= 0.3 is 0 Å². The summed E-state index contributed by atoms with van der Waals surface area (Å²) in [5.41, 5.74) is 0.414. The van der Waals surface area contributed by atoms with Gasteiger partial charge < -0.3 is 15.5 Å². The predicted molar refractivity (Wildman–Crippen MR) is 50.7 cm³/mol. The number of benzene rings is 1. The van der Waals surface area contributed by atoms with Gasteiger partial charge in [-0.1, -0.05) is 18.2 Å². The zero-order valence-electron chi connectivity index (χ0n) is 7.60. The molecule has 1 aromatic carbocycles. The first-order valence-electron chi connectivity index (χ1n) is 4.28. The molecule has 0 aliphatic heterocycles. The first kappa shape index (κ1) is 10.7. The van der Waals surface area contributed by atoms with Crippen LogP contribution >= 0.6 is 0 Å². The lowest BCUT2D eigenvalue weighted by molar-refractivity contribution is 0.0802. The Morgan fingerprint density at radius 3 is 2.93 bits per heavy atom. The quantitative estimate of drug-likeness (QED) is 0.609. The molecule has 0 saturated heterocycles. The van der Waals surface area contributed by atoms with Crippen LogP contribution in [0.5, 0.6) is 0 Å². The summed E-state index contributed by atoms with van der Waals surface area (Å²) in [7, 11) is 0. The van der Waals surface area contributed by atoms with E-state index in [0.29, 0.717) is 5.56 Å². The van der Waals surface area contributed by atoms with Crippen molar-refractivity contribution in [1.82, 2.24) is 5.32 Å². The Kier molecular flexibility index (Phi) is 4.10. The smallest absolute Gasteiger partial charge is 0.252 e. The molecule has 75 valence electrons. The minimum atomic E-state index is -0.914. The third-order valence-electron chi connectivity index (χ3n) is 1.66. The highest BCUT2D eigenvalue weighted by molar-refractivity contribution is 5.93. The van der Waals surface area contributed by atoms with E-state index in [1.54, 1.807) is 24.3 Å². The third-order valence-corrected chi connectivity index (χ3v) is 1.66.